The Morgan fingerprint density at radius 1 is 1.29 bits per heavy atom. The van der Waals surface area contributed by atoms with Crippen LogP contribution in [-0.2, 0) is 15.1 Å². The Labute approximate surface area is 126 Å². The molecule has 2 fully saturated rings. The van der Waals surface area contributed by atoms with Gasteiger partial charge >= 0.3 is 5.97 Å². The van der Waals surface area contributed by atoms with Crippen LogP contribution < -0.4 is 5.32 Å². The Bertz CT molecular complexity index is 485. The number of carbonyl (C=O) groups is 1. The van der Waals surface area contributed by atoms with Crippen molar-refractivity contribution in [1.29, 1.82) is 0 Å². The van der Waals surface area contributed by atoms with Crippen molar-refractivity contribution in [3.05, 3.63) is 35.9 Å². The highest BCUT2D eigenvalue weighted by atomic mass is 16.6. The summed E-state index contributed by atoms with van der Waals surface area (Å²) in [6, 6.07) is 10.5. The van der Waals surface area contributed by atoms with Crippen LogP contribution in [-0.4, -0.2) is 43.1 Å². The smallest absolute Gasteiger partial charge is 0.303 e. The Kier molecular flexibility index (Phi) is 4.27. The molecule has 2 saturated heterocycles. The first-order valence-corrected chi connectivity index (χ1v) is 7.92. The number of piperidine rings is 1. The number of benzene rings is 1. The van der Waals surface area contributed by atoms with Crippen LogP contribution in [0, 0.1) is 0 Å². The van der Waals surface area contributed by atoms with E-state index in [1.165, 1.54) is 19.8 Å². The number of rotatable bonds is 3. The minimum absolute atomic E-state index is 0.190. The SMILES string of the molecule is CC(=O)OC1(c2ccccc2)CCNCC1N1CCCC1. The topological polar surface area (TPSA) is 41.6 Å². The molecule has 0 spiro atoms. The van der Waals surface area contributed by atoms with Crippen LogP contribution in [0.5, 0.6) is 0 Å². The number of nitrogens with one attached hydrogen (secondary N) is 1. The normalized spacial score (nSPS) is 30.2. The molecule has 4 heteroatoms. The molecule has 1 aromatic carbocycles. The van der Waals surface area contributed by atoms with Gasteiger partial charge in [-0.3, -0.25) is 9.69 Å². The Hall–Kier alpha value is -1.39. The van der Waals surface area contributed by atoms with E-state index in [2.05, 4.69) is 22.3 Å². The maximum absolute atomic E-state index is 11.8. The average Bonchev–Trinajstić information content (AvgIpc) is 3.02. The van der Waals surface area contributed by atoms with E-state index >= 15 is 0 Å². The lowest BCUT2D eigenvalue weighted by molar-refractivity contribution is -0.171. The molecule has 1 aromatic rings. The highest BCUT2D eigenvalue weighted by Crippen LogP contribution is 2.38. The van der Waals surface area contributed by atoms with Crippen LogP contribution in [0.4, 0.5) is 0 Å². The molecule has 2 aliphatic rings. The summed E-state index contributed by atoms with van der Waals surface area (Å²) in [6.45, 7) is 5.48. The lowest BCUT2D eigenvalue weighted by Crippen LogP contribution is -2.60. The molecule has 2 aliphatic heterocycles. The largest absolute Gasteiger partial charge is 0.453 e. The summed E-state index contributed by atoms with van der Waals surface area (Å²) in [5.74, 6) is -0.190. The zero-order valence-electron chi connectivity index (χ0n) is 12.7. The Morgan fingerprint density at radius 2 is 2.00 bits per heavy atom. The predicted molar refractivity (Wildman–Crippen MR) is 82.0 cm³/mol. The summed E-state index contributed by atoms with van der Waals surface area (Å²) in [5.41, 5.74) is 0.612. The van der Waals surface area contributed by atoms with Gasteiger partial charge in [0, 0.05) is 19.9 Å². The van der Waals surface area contributed by atoms with Gasteiger partial charge in [0.1, 0.15) is 0 Å². The number of hydrogen-bond donors (Lipinski definition) is 1. The number of hydrogen-bond acceptors (Lipinski definition) is 4. The van der Waals surface area contributed by atoms with Crippen LogP contribution in [0.1, 0.15) is 31.7 Å². The highest BCUT2D eigenvalue weighted by molar-refractivity contribution is 5.67. The molecule has 0 aromatic heterocycles. The molecule has 21 heavy (non-hydrogen) atoms. The van der Waals surface area contributed by atoms with E-state index in [1.807, 2.05) is 18.2 Å². The quantitative estimate of drug-likeness (QED) is 0.863. The van der Waals surface area contributed by atoms with Gasteiger partial charge in [-0.2, -0.15) is 0 Å². The fourth-order valence-corrected chi connectivity index (χ4v) is 3.81. The molecular weight excluding hydrogens is 264 g/mol. The molecule has 0 amide bonds. The van der Waals surface area contributed by atoms with Crippen LogP contribution >= 0.6 is 0 Å². The number of esters is 1. The third kappa shape index (κ3) is 2.83. The molecule has 0 saturated carbocycles. The van der Waals surface area contributed by atoms with E-state index in [4.69, 9.17) is 4.74 Å². The van der Waals surface area contributed by atoms with Crippen molar-refractivity contribution >= 4 is 5.97 Å². The first-order valence-electron chi connectivity index (χ1n) is 7.92. The zero-order valence-corrected chi connectivity index (χ0v) is 12.7. The van der Waals surface area contributed by atoms with E-state index in [9.17, 15) is 4.79 Å². The fraction of sp³-hybridized carbons (Fsp3) is 0.588. The summed E-state index contributed by atoms with van der Waals surface area (Å²) < 4.78 is 5.97. The van der Waals surface area contributed by atoms with Gasteiger partial charge in [-0.25, -0.2) is 0 Å². The fourth-order valence-electron chi connectivity index (χ4n) is 3.81. The number of nitrogens with zero attached hydrogens (tertiary/aromatic N) is 1. The van der Waals surface area contributed by atoms with E-state index in [1.54, 1.807) is 0 Å². The molecule has 4 nitrogen and oxygen atoms in total. The van der Waals surface area contributed by atoms with Gasteiger partial charge in [0.25, 0.3) is 0 Å². The maximum atomic E-state index is 11.8. The van der Waals surface area contributed by atoms with Gasteiger partial charge in [0.05, 0.1) is 6.04 Å². The summed E-state index contributed by atoms with van der Waals surface area (Å²) in [6.07, 6.45) is 3.31. The first-order chi connectivity index (χ1) is 10.2. The molecule has 2 unspecified atom stereocenters. The van der Waals surface area contributed by atoms with Crippen LogP contribution in [0.2, 0.25) is 0 Å². The molecule has 114 valence electrons. The molecular formula is C17H24N2O2. The summed E-state index contributed by atoms with van der Waals surface area (Å²) in [4.78, 5) is 14.3. The molecule has 0 aliphatic carbocycles. The minimum atomic E-state index is -0.511. The summed E-state index contributed by atoms with van der Waals surface area (Å²) in [7, 11) is 0. The van der Waals surface area contributed by atoms with Crippen LogP contribution in [0.25, 0.3) is 0 Å². The number of ether oxygens (including phenoxy) is 1. The summed E-state index contributed by atoms with van der Waals surface area (Å²) >= 11 is 0. The van der Waals surface area contributed by atoms with E-state index < -0.39 is 5.60 Å². The molecule has 0 bridgehead atoms. The summed E-state index contributed by atoms with van der Waals surface area (Å²) in [5, 5.41) is 3.48. The third-order valence-electron chi connectivity index (χ3n) is 4.72. The van der Waals surface area contributed by atoms with E-state index in [-0.39, 0.29) is 12.0 Å². The van der Waals surface area contributed by atoms with E-state index in [0.717, 1.165) is 38.2 Å². The van der Waals surface area contributed by atoms with Crippen molar-refractivity contribution in [3.8, 4) is 0 Å². The Balaban J connectivity index is 2.00. The van der Waals surface area contributed by atoms with E-state index in [0.29, 0.717) is 0 Å². The lowest BCUT2D eigenvalue weighted by Gasteiger charge is -2.47. The lowest BCUT2D eigenvalue weighted by atomic mass is 9.80. The van der Waals surface area contributed by atoms with Gasteiger partial charge < -0.3 is 10.1 Å². The average molecular weight is 288 g/mol. The molecule has 1 N–H and O–H groups in total. The Morgan fingerprint density at radius 3 is 2.67 bits per heavy atom. The van der Waals surface area contributed by atoms with Crippen molar-refractivity contribution in [2.45, 2.75) is 37.8 Å². The van der Waals surface area contributed by atoms with Crippen molar-refractivity contribution in [3.63, 3.8) is 0 Å². The second-order valence-corrected chi connectivity index (χ2v) is 6.06. The van der Waals surface area contributed by atoms with Crippen molar-refractivity contribution in [1.82, 2.24) is 10.2 Å². The van der Waals surface area contributed by atoms with Crippen LogP contribution in [0.15, 0.2) is 30.3 Å². The standard InChI is InChI=1S/C17H24N2O2/c1-14(20)21-17(15-7-3-2-4-8-15)9-10-18-13-16(17)19-11-5-6-12-19/h2-4,7-8,16,18H,5-6,9-13H2,1H3. The third-order valence-corrected chi connectivity index (χ3v) is 4.72. The minimum Gasteiger partial charge on any atom is -0.453 e. The molecule has 3 rings (SSSR count). The van der Waals surface area contributed by atoms with Crippen LogP contribution in [0.3, 0.4) is 0 Å². The van der Waals surface area contributed by atoms with Crippen molar-refractivity contribution < 1.29 is 9.53 Å². The monoisotopic (exact) mass is 288 g/mol. The van der Waals surface area contributed by atoms with Gasteiger partial charge in [-0.1, -0.05) is 30.3 Å². The predicted octanol–water partition coefficient (Wildman–Crippen LogP) is 1.90. The number of carbonyl (C=O) groups excluding carboxylic acids is 1. The van der Waals surface area contributed by atoms with Gasteiger partial charge in [0.15, 0.2) is 5.60 Å². The highest BCUT2D eigenvalue weighted by Gasteiger charge is 2.48. The zero-order chi connectivity index (χ0) is 14.7. The molecule has 2 heterocycles. The van der Waals surface area contributed by atoms with Gasteiger partial charge in [0.2, 0.25) is 0 Å². The second-order valence-electron chi connectivity index (χ2n) is 6.06. The van der Waals surface area contributed by atoms with Gasteiger partial charge in [-0.05, 0) is 38.0 Å². The molecule has 0 radical (unpaired) electrons. The van der Waals surface area contributed by atoms with Gasteiger partial charge in [-0.15, -0.1) is 0 Å². The molecule has 2 atom stereocenters. The second kappa shape index (κ2) is 6.16. The number of likely N-dealkylation sites (tertiary alicyclic amines) is 1. The van der Waals surface area contributed by atoms with Crippen molar-refractivity contribution in [2.24, 2.45) is 0 Å². The maximum Gasteiger partial charge on any atom is 0.303 e. The first kappa shape index (κ1) is 14.5. The van der Waals surface area contributed by atoms with Crippen molar-refractivity contribution in [2.75, 3.05) is 26.2 Å².